The quantitative estimate of drug-likeness (QED) is 0.589. The first kappa shape index (κ1) is 20.1. The Morgan fingerprint density at radius 2 is 1.45 bits per heavy atom. The van der Waals surface area contributed by atoms with Crippen molar-refractivity contribution < 1.29 is 9.59 Å². The van der Waals surface area contributed by atoms with Crippen molar-refractivity contribution in [2.24, 2.45) is 0 Å². The van der Waals surface area contributed by atoms with E-state index in [9.17, 15) is 9.59 Å². The third kappa shape index (κ3) is 5.69. The van der Waals surface area contributed by atoms with E-state index >= 15 is 0 Å². The van der Waals surface area contributed by atoms with Crippen molar-refractivity contribution in [1.29, 1.82) is 0 Å². The zero-order valence-corrected chi connectivity index (χ0v) is 16.6. The number of nitrogens with one attached hydrogen (secondary N) is 3. The van der Waals surface area contributed by atoms with Crippen LogP contribution in [0.3, 0.4) is 0 Å². The van der Waals surface area contributed by atoms with Crippen molar-refractivity contribution in [3.05, 3.63) is 101 Å². The molecule has 0 bridgehead atoms. The van der Waals surface area contributed by atoms with Crippen molar-refractivity contribution in [3.63, 3.8) is 0 Å². The van der Waals surface area contributed by atoms with E-state index < -0.39 is 6.03 Å². The number of aryl methyl sites for hydroxylation is 2. The molecule has 0 heterocycles. The summed E-state index contributed by atoms with van der Waals surface area (Å²) < 4.78 is 0. The summed E-state index contributed by atoms with van der Waals surface area (Å²) in [4.78, 5) is 24.6. The molecule has 1 atom stereocenters. The molecular weight excluding hydrogens is 362 g/mol. The molecule has 0 saturated heterocycles. The van der Waals surface area contributed by atoms with Crippen LogP contribution in [0.25, 0.3) is 0 Å². The van der Waals surface area contributed by atoms with Gasteiger partial charge in [0.25, 0.3) is 0 Å². The molecule has 148 valence electrons. The summed E-state index contributed by atoms with van der Waals surface area (Å²) in [5, 5.41) is 8.33. The highest BCUT2D eigenvalue weighted by Gasteiger charge is 2.17. The summed E-state index contributed by atoms with van der Waals surface area (Å²) in [6, 6.07) is 24.3. The summed E-state index contributed by atoms with van der Waals surface area (Å²) in [6.45, 7) is 4.00. The molecular formula is C24H25N3O2. The summed E-state index contributed by atoms with van der Waals surface area (Å²) >= 11 is 0. The Balaban J connectivity index is 1.66. The van der Waals surface area contributed by atoms with E-state index in [1.165, 1.54) is 5.56 Å². The first-order valence-corrected chi connectivity index (χ1v) is 9.54. The largest absolute Gasteiger partial charge is 0.344 e. The second-order valence-electron chi connectivity index (χ2n) is 6.93. The normalized spacial score (nSPS) is 11.4. The lowest BCUT2D eigenvalue weighted by Crippen LogP contribution is -2.40. The van der Waals surface area contributed by atoms with Crippen LogP contribution in [0.15, 0.2) is 78.9 Å². The maximum Gasteiger partial charge on any atom is 0.319 e. The minimum atomic E-state index is -0.422. The van der Waals surface area contributed by atoms with Crippen LogP contribution in [-0.4, -0.2) is 18.5 Å². The zero-order valence-electron chi connectivity index (χ0n) is 16.6. The maximum atomic E-state index is 12.6. The average Bonchev–Trinajstić information content (AvgIpc) is 2.74. The van der Waals surface area contributed by atoms with Crippen LogP contribution >= 0.6 is 0 Å². The Morgan fingerprint density at radius 1 is 0.793 bits per heavy atom. The maximum absolute atomic E-state index is 12.6. The van der Waals surface area contributed by atoms with Gasteiger partial charge in [0.15, 0.2) is 0 Å². The van der Waals surface area contributed by atoms with E-state index in [4.69, 9.17) is 0 Å². The molecule has 0 aliphatic carbocycles. The Labute approximate surface area is 171 Å². The zero-order chi connectivity index (χ0) is 20.6. The van der Waals surface area contributed by atoms with Gasteiger partial charge in [-0.1, -0.05) is 66.7 Å². The molecule has 0 radical (unpaired) electrons. The molecule has 1 unspecified atom stereocenters. The van der Waals surface area contributed by atoms with Crippen molar-refractivity contribution >= 4 is 17.6 Å². The molecule has 0 spiro atoms. The van der Waals surface area contributed by atoms with Gasteiger partial charge in [0.05, 0.1) is 12.6 Å². The number of rotatable bonds is 6. The van der Waals surface area contributed by atoms with Gasteiger partial charge < -0.3 is 16.0 Å². The molecule has 0 aromatic heterocycles. The highest BCUT2D eigenvalue weighted by Crippen LogP contribution is 2.24. The topological polar surface area (TPSA) is 70.2 Å². The summed E-state index contributed by atoms with van der Waals surface area (Å²) in [6.07, 6.45) is 0. The summed E-state index contributed by atoms with van der Waals surface area (Å²) in [7, 11) is 0. The fraction of sp³-hybridized carbons (Fsp3) is 0.167. The number of anilines is 1. The third-order valence-corrected chi connectivity index (χ3v) is 4.74. The van der Waals surface area contributed by atoms with Gasteiger partial charge in [-0.25, -0.2) is 4.79 Å². The van der Waals surface area contributed by atoms with E-state index in [1.807, 2.05) is 54.6 Å². The summed E-state index contributed by atoms with van der Waals surface area (Å²) in [5.74, 6) is -0.264. The van der Waals surface area contributed by atoms with Gasteiger partial charge in [0.2, 0.25) is 5.91 Å². The van der Waals surface area contributed by atoms with Crippen LogP contribution in [0.4, 0.5) is 10.5 Å². The Morgan fingerprint density at radius 3 is 2.10 bits per heavy atom. The van der Waals surface area contributed by atoms with Gasteiger partial charge in [-0.2, -0.15) is 0 Å². The molecule has 3 amide bonds. The van der Waals surface area contributed by atoms with Crippen molar-refractivity contribution in [2.75, 3.05) is 11.9 Å². The number of benzene rings is 3. The first-order chi connectivity index (χ1) is 14.0. The molecule has 0 saturated carbocycles. The molecule has 5 nitrogen and oxygen atoms in total. The van der Waals surface area contributed by atoms with Crippen LogP contribution in [0.1, 0.15) is 28.3 Å². The number of amides is 3. The fourth-order valence-corrected chi connectivity index (χ4v) is 3.02. The predicted octanol–water partition coefficient (Wildman–Crippen LogP) is 4.33. The Hall–Kier alpha value is -3.60. The molecule has 0 aliphatic rings. The molecule has 29 heavy (non-hydrogen) atoms. The minimum absolute atomic E-state index is 0.118. The van der Waals surface area contributed by atoms with E-state index in [-0.39, 0.29) is 18.5 Å². The molecule has 3 aromatic rings. The van der Waals surface area contributed by atoms with Crippen LogP contribution < -0.4 is 16.0 Å². The van der Waals surface area contributed by atoms with Crippen LogP contribution in [-0.2, 0) is 4.79 Å². The van der Waals surface area contributed by atoms with Crippen LogP contribution in [0.5, 0.6) is 0 Å². The van der Waals surface area contributed by atoms with Gasteiger partial charge in [0, 0.05) is 5.69 Å². The second-order valence-corrected chi connectivity index (χ2v) is 6.93. The molecule has 0 aliphatic heterocycles. The number of hydrogen-bond donors (Lipinski definition) is 3. The SMILES string of the molecule is Cc1ccc(C(NC(=O)CNC(=O)Nc2ccccc2)c2ccccc2)cc1C. The number of carbonyl (C=O) groups is 2. The lowest BCUT2D eigenvalue weighted by Gasteiger charge is -2.21. The fourth-order valence-electron chi connectivity index (χ4n) is 3.02. The highest BCUT2D eigenvalue weighted by atomic mass is 16.2. The van der Waals surface area contributed by atoms with Gasteiger partial charge in [0.1, 0.15) is 0 Å². The average molecular weight is 387 g/mol. The first-order valence-electron chi connectivity index (χ1n) is 9.54. The van der Waals surface area contributed by atoms with Crippen LogP contribution in [0, 0.1) is 13.8 Å². The molecule has 3 N–H and O–H groups in total. The van der Waals surface area contributed by atoms with Gasteiger partial charge >= 0.3 is 6.03 Å². The van der Waals surface area contributed by atoms with Crippen molar-refractivity contribution in [2.45, 2.75) is 19.9 Å². The number of carbonyl (C=O) groups excluding carboxylic acids is 2. The van der Waals surface area contributed by atoms with Crippen molar-refractivity contribution in [3.8, 4) is 0 Å². The second kappa shape index (κ2) is 9.55. The van der Waals surface area contributed by atoms with E-state index in [1.54, 1.807) is 12.1 Å². The van der Waals surface area contributed by atoms with Crippen LogP contribution in [0.2, 0.25) is 0 Å². The monoisotopic (exact) mass is 387 g/mol. The van der Waals surface area contributed by atoms with Gasteiger partial charge in [-0.3, -0.25) is 4.79 Å². The van der Waals surface area contributed by atoms with Gasteiger partial charge in [-0.05, 0) is 48.2 Å². The third-order valence-electron chi connectivity index (χ3n) is 4.74. The summed E-state index contributed by atoms with van der Waals surface area (Å²) in [5.41, 5.74) is 5.02. The number of urea groups is 1. The van der Waals surface area contributed by atoms with Crippen molar-refractivity contribution in [1.82, 2.24) is 10.6 Å². The van der Waals surface area contributed by atoms with Gasteiger partial charge in [-0.15, -0.1) is 0 Å². The van der Waals surface area contributed by atoms with E-state index in [0.717, 1.165) is 16.7 Å². The number of hydrogen-bond acceptors (Lipinski definition) is 2. The predicted molar refractivity (Wildman–Crippen MR) is 116 cm³/mol. The lowest BCUT2D eigenvalue weighted by molar-refractivity contribution is -0.120. The molecule has 0 fully saturated rings. The minimum Gasteiger partial charge on any atom is -0.344 e. The lowest BCUT2D eigenvalue weighted by atomic mass is 9.95. The standard InChI is InChI=1S/C24H25N3O2/c1-17-13-14-20(15-18(17)2)23(19-9-5-3-6-10-19)27-22(28)16-25-24(29)26-21-11-7-4-8-12-21/h3-15,23H,16H2,1-2H3,(H,27,28)(H2,25,26,29). The number of para-hydroxylation sites is 1. The molecule has 3 aromatic carbocycles. The Bertz CT molecular complexity index is 972. The Kier molecular flexibility index (Phi) is 6.63. The van der Waals surface area contributed by atoms with E-state index in [0.29, 0.717) is 5.69 Å². The molecule has 3 rings (SSSR count). The highest BCUT2D eigenvalue weighted by molar-refractivity contribution is 5.92. The smallest absolute Gasteiger partial charge is 0.319 e. The van der Waals surface area contributed by atoms with E-state index in [2.05, 4.69) is 41.9 Å². The molecule has 5 heteroatoms.